The van der Waals surface area contributed by atoms with Gasteiger partial charge in [0.25, 0.3) is 5.91 Å². The van der Waals surface area contributed by atoms with Gasteiger partial charge in [-0.05, 0) is 23.3 Å². The Balaban J connectivity index is 1.73. The average Bonchev–Trinajstić information content (AvgIpc) is 2.61. The van der Waals surface area contributed by atoms with E-state index in [0.29, 0.717) is 5.75 Å². The summed E-state index contributed by atoms with van der Waals surface area (Å²) in [5.74, 6) is 0.0992. The number of methoxy groups -OCH3 is 1. The smallest absolute Gasteiger partial charge is 0.259 e. The van der Waals surface area contributed by atoms with Crippen molar-refractivity contribution in [2.24, 2.45) is 5.10 Å². The van der Waals surface area contributed by atoms with Gasteiger partial charge >= 0.3 is 0 Å². The number of rotatable bonds is 7. The first-order valence-corrected chi connectivity index (χ1v) is 7.44. The molecule has 0 heterocycles. The van der Waals surface area contributed by atoms with Crippen molar-refractivity contribution in [1.82, 2.24) is 10.7 Å². The van der Waals surface area contributed by atoms with Gasteiger partial charge in [0.15, 0.2) is 0 Å². The van der Waals surface area contributed by atoms with Gasteiger partial charge in [0, 0.05) is 0 Å². The van der Waals surface area contributed by atoms with Crippen LogP contribution in [-0.2, 0) is 16.0 Å². The Morgan fingerprint density at radius 3 is 2.62 bits per heavy atom. The number of carbonyl (C=O) groups excluding carboxylic acids is 2. The molecule has 0 aliphatic carbocycles. The molecule has 124 valence electrons. The minimum Gasteiger partial charge on any atom is -0.497 e. The molecule has 6 nitrogen and oxygen atoms in total. The van der Waals surface area contributed by atoms with Crippen LogP contribution >= 0.6 is 0 Å². The second-order valence-corrected chi connectivity index (χ2v) is 5.01. The largest absolute Gasteiger partial charge is 0.497 e. The van der Waals surface area contributed by atoms with Crippen LogP contribution in [0.1, 0.15) is 11.1 Å². The van der Waals surface area contributed by atoms with Crippen LogP contribution in [0.5, 0.6) is 5.75 Å². The van der Waals surface area contributed by atoms with Crippen molar-refractivity contribution in [2.45, 2.75) is 6.42 Å². The summed E-state index contributed by atoms with van der Waals surface area (Å²) in [7, 11) is 1.58. The summed E-state index contributed by atoms with van der Waals surface area (Å²) in [4.78, 5) is 23.4. The Bertz CT molecular complexity index is 714. The zero-order valence-electron chi connectivity index (χ0n) is 13.4. The number of carbonyl (C=O) groups is 2. The number of ether oxygens (including phenoxy) is 1. The van der Waals surface area contributed by atoms with E-state index in [1.54, 1.807) is 13.2 Å². The summed E-state index contributed by atoms with van der Waals surface area (Å²) in [6.07, 6.45) is 1.74. The number of amides is 2. The lowest BCUT2D eigenvalue weighted by Crippen LogP contribution is -2.35. The molecule has 2 amide bonds. The van der Waals surface area contributed by atoms with E-state index in [-0.39, 0.29) is 18.9 Å². The third-order valence-corrected chi connectivity index (χ3v) is 3.15. The van der Waals surface area contributed by atoms with E-state index in [2.05, 4.69) is 15.8 Å². The highest BCUT2D eigenvalue weighted by Crippen LogP contribution is 2.10. The van der Waals surface area contributed by atoms with Crippen molar-refractivity contribution >= 4 is 18.0 Å². The van der Waals surface area contributed by atoms with E-state index < -0.39 is 5.91 Å². The Kier molecular flexibility index (Phi) is 6.52. The molecule has 0 spiro atoms. The van der Waals surface area contributed by atoms with Gasteiger partial charge in [-0.25, -0.2) is 5.43 Å². The maximum Gasteiger partial charge on any atom is 0.259 e. The number of hydrazone groups is 1. The first-order valence-electron chi connectivity index (χ1n) is 7.44. The van der Waals surface area contributed by atoms with Crippen LogP contribution in [0.15, 0.2) is 59.7 Å². The predicted molar refractivity (Wildman–Crippen MR) is 91.9 cm³/mol. The fraction of sp³-hybridized carbons (Fsp3) is 0.167. The standard InChI is InChI=1S/C18H19N3O3/c1-24-16-9-5-8-15(10-16)12-20-21-18(23)13-19-17(22)11-14-6-3-2-4-7-14/h2-10,12H,11,13H2,1H3,(H,19,22)(H,21,23)/b20-12+. The Labute approximate surface area is 140 Å². The lowest BCUT2D eigenvalue weighted by Gasteiger charge is -2.04. The molecule has 0 fully saturated rings. The maximum atomic E-state index is 11.7. The molecule has 2 aromatic rings. The van der Waals surface area contributed by atoms with E-state index in [1.807, 2.05) is 48.5 Å². The molecule has 0 bridgehead atoms. The zero-order chi connectivity index (χ0) is 17.2. The molecule has 0 saturated carbocycles. The molecule has 0 atom stereocenters. The third-order valence-electron chi connectivity index (χ3n) is 3.15. The highest BCUT2D eigenvalue weighted by Gasteiger charge is 2.05. The zero-order valence-corrected chi connectivity index (χ0v) is 13.4. The van der Waals surface area contributed by atoms with Gasteiger partial charge in [0.05, 0.1) is 26.3 Å². The van der Waals surface area contributed by atoms with Crippen molar-refractivity contribution in [3.63, 3.8) is 0 Å². The molecule has 2 rings (SSSR count). The summed E-state index contributed by atoms with van der Waals surface area (Å²) in [5.41, 5.74) is 4.05. The molecule has 0 aromatic heterocycles. The number of nitrogens with zero attached hydrogens (tertiary/aromatic N) is 1. The second kappa shape index (κ2) is 9.09. The van der Waals surface area contributed by atoms with Crippen LogP contribution in [0.25, 0.3) is 0 Å². The van der Waals surface area contributed by atoms with Gasteiger partial charge in [-0.15, -0.1) is 0 Å². The molecule has 0 radical (unpaired) electrons. The minimum atomic E-state index is -0.393. The van der Waals surface area contributed by atoms with Gasteiger partial charge in [0.2, 0.25) is 5.91 Å². The van der Waals surface area contributed by atoms with Crippen molar-refractivity contribution in [3.05, 3.63) is 65.7 Å². The van der Waals surface area contributed by atoms with Gasteiger partial charge < -0.3 is 10.1 Å². The van der Waals surface area contributed by atoms with Crippen LogP contribution in [0.2, 0.25) is 0 Å². The monoisotopic (exact) mass is 325 g/mol. The van der Waals surface area contributed by atoms with Crippen LogP contribution in [0, 0.1) is 0 Å². The van der Waals surface area contributed by atoms with Gasteiger partial charge in [0.1, 0.15) is 5.75 Å². The Morgan fingerprint density at radius 2 is 1.88 bits per heavy atom. The van der Waals surface area contributed by atoms with E-state index in [0.717, 1.165) is 11.1 Å². The highest BCUT2D eigenvalue weighted by molar-refractivity contribution is 5.87. The SMILES string of the molecule is COc1cccc(/C=N/NC(=O)CNC(=O)Cc2ccccc2)c1. The van der Waals surface area contributed by atoms with Gasteiger partial charge in [-0.3, -0.25) is 9.59 Å². The highest BCUT2D eigenvalue weighted by atomic mass is 16.5. The summed E-state index contributed by atoms with van der Waals surface area (Å²) in [6.45, 7) is -0.124. The molecule has 0 saturated heterocycles. The summed E-state index contributed by atoms with van der Waals surface area (Å²) < 4.78 is 5.10. The molecule has 0 aliphatic rings. The number of hydrogen-bond acceptors (Lipinski definition) is 4. The van der Waals surface area contributed by atoms with E-state index in [1.165, 1.54) is 6.21 Å². The van der Waals surface area contributed by atoms with Crippen LogP contribution in [0.3, 0.4) is 0 Å². The predicted octanol–water partition coefficient (Wildman–Crippen LogP) is 1.50. The third kappa shape index (κ3) is 5.92. The first kappa shape index (κ1) is 17.2. The normalized spacial score (nSPS) is 10.4. The van der Waals surface area contributed by atoms with Crippen molar-refractivity contribution in [3.8, 4) is 5.75 Å². The molecule has 6 heteroatoms. The van der Waals surface area contributed by atoms with Crippen molar-refractivity contribution in [1.29, 1.82) is 0 Å². The number of hydrogen-bond donors (Lipinski definition) is 2. The summed E-state index contributed by atoms with van der Waals surface area (Å²) in [6, 6.07) is 16.6. The Morgan fingerprint density at radius 1 is 1.08 bits per heavy atom. The van der Waals surface area contributed by atoms with Crippen molar-refractivity contribution < 1.29 is 14.3 Å². The molecular weight excluding hydrogens is 306 g/mol. The molecule has 2 aromatic carbocycles. The quantitative estimate of drug-likeness (QED) is 0.598. The minimum absolute atomic E-state index is 0.124. The molecule has 0 unspecified atom stereocenters. The molecular formula is C18H19N3O3. The number of nitrogens with one attached hydrogen (secondary N) is 2. The molecule has 2 N–H and O–H groups in total. The Hall–Kier alpha value is -3.15. The first-order chi connectivity index (χ1) is 11.7. The van der Waals surface area contributed by atoms with Crippen LogP contribution in [0.4, 0.5) is 0 Å². The van der Waals surface area contributed by atoms with Gasteiger partial charge in [-0.2, -0.15) is 5.10 Å². The van der Waals surface area contributed by atoms with Gasteiger partial charge in [-0.1, -0.05) is 42.5 Å². The van der Waals surface area contributed by atoms with Crippen LogP contribution in [-0.4, -0.2) is 31.7 Å². The fourth-order valence-electron chi connectivity index (χ4n) is 1.96. The average molecular weight is 325 g/mol. The molecule has 0 aliphatic heterocycles. The molecule has 24 heavy (non-hydrogen) atoms. The van der Waals surface area contributed by atoms with E-state index in [4.69, 9.17) is 4.74 Å². The number of benzene rings is 2. The lowest BCUT2D eigenvalue weighted by molar-refractivity contribution is -0.125. The van der Waals surface area contributed by atoms with E-state index >= 15 is 0 Å². The fourth-order valence-corrected chi connectivity index (χ4v) is 1.96. The maximum absolute atomic E-state index is 11.7. The second-order valence-electron chi connectivity index (χ2n) is 5.01. The summed E-state index contributed by atoms with van der Waals surface area (Å²) >= 11 is 0. The van der Waals surface area contributed by atoms with Crippen molar-refractivity contribution in [2.75, 3.05) is 13.7 Å². The van der Waals surface area contributed by atoms with E-state index in [9.17, 15) is 9.59 Å². The lowest BCUT2D eigenvalue weighted by atomic mass is 10.1. The summed E-state index contributed by atoms with van der Waals surface area (Å²) in [5, 5.41) is 6.40. The topological polar surface area (TPSA) is 79.8 Å². The van der Waals surface area contributed by atoms with Crippen LogP contribution < -0.4 is 15.5 Å².